The van der Waals surface area contributed by atoms with E-state index in [9.17, 15) is 19.8 Å². The predicted octanol–water partition coefficient (Wildman–Crippen LogP) is 2.44. The number of carbonyl (C=O) groups is 2. The molecule has 2 amide bonds. The molecule has 0 radical (unpaired) electrons. The van der Waals surface area contributed by atoms with Gasteiger partial charge in [0.05, 0.1) is 23.7 Å². The van der Waals surface area contributed by atoms with Crippen LogP contribution in [0.25, 0.3) is 0 Å². The van der Waals surface area contributed by atoms with E-state index in [1.165, 1.54) is 33.3 Å². The third kappa shape index (κ3) is 7.74. The molecule has 0 bridgehead atoms. The van der Waals surface area contributed by atoms with Crippen LogP contribution in [-0.2, 0) is 22.7 Å². The molecule has 0 spiro atoms. The molecule has 2 aromatic rings. The number of hydrogen-bond donors (Lipinski definition) is 4. The zero-order valence-electron chi connectivity index (χ0n) is 21.9. The molecule has 4 unspecified atom stereocenters. The summed E-state index contributed by atoms with van der Waals surface area (Å²) in [4.78, 5) is 27.4. The van der Waals surface area contributed by atoms with Crippen molar-refractivity contribution in [2.75, 3.05) is 24.7 Å². The highest BCUT2D eigenvalue weighted by Crippen LogP contribution is 2.38. The van der Waals surface area contributed by atoms with Crippen molar-refractivity contribution in [3.63, 3.8) is 0 Å². The molecular weight excluding hydrogens is 524 g/mol. The zero-order chi connectivity index (χ0) is 27.8. The Morgan fingerprint density at radius 1 is 0.816 bits per heavy atom. The summed E-state index contributed by atoms with van der Waals surface area (Å²) in [6.45, 7) is 4.30. The molecule has 0 aliphatic carbocycles. The molecule has 4 rings (SSSR count). The van der Waals surface area contributed by atoms with Crippen LogP contribution in [0.5, 0.6) is 0 Å². The Balaban J connectivity index is 0.000000211. The second-order valence-electron chi connectivity index (χ2n) is 9.76. The van der Waals surface area contributed by atoms with E-state index >= 15 is 0 Å². The lowest BCUT2D eigenvalue weighted by molar-refractivity contribution is -0.144. The van der Waals surface area contributed by atoms with Crippen molar-refractivity contribution in [1.29, 1.82) is 0 Å². The van der Waals surface area contributed by atoms with Crippen molar-refractivity contribution >= 4 is 35.3 Å². The molecule has 38 heavy (non-hydrogen) atoms. The van der Waals surface area contributed by atoms with Crippen LogP contribution in [0.1, 0.15) is 37.8 Å². The third-order valence-electron chi connectivity index (χ3n) is 6.70. The fourth-order valence-corrected chi connectivity index (χ4v) is 6.80. The lowest BCUT2D eigenvalue weighted by atomic mass is 10.1. The van der Waals surface area contributed by atoms with Gasteiger partial charge in [0.2, 0.25) is 11.8 Å². The fraction of sp³-hybridized carbons (Fsp3) is 0.500. The number of benzene rings is 2. The van der Waals surface area contributed by atoms with Gasteiger partial charge in [-0.25, -0.2) is 0 Å². The number of amides is 2. The first kappa shape index (κ1) is 30.5. The molecule has 2 aliphatic rings. The van der Waals surface area contributed by atoms with Gasteiger partial charge < -0.3 is 30.2 Å². The van der Waals surface area contributed by atoms with Gasteiger partial charge >= 0.3 is 0 Å². The molecule has 2 heterocycles. The Bertz CT molecular complexity index is 999. The van der Waals surface area contributed by atoms with Crippen LogP contribution in [0.2, 0.25) is 0 Å². The number of aliphatic hydroxyl groups is 4. The molecule has 0 aromatic heterocycles. The van der Waals surface area contributed by atoms with Crippen molar-refractivity contribution in [3.05, 3.63) is 71.8 Å². The maximum Gasteiger partial charge on any atom is 0.238 e. The summed E-state index contributed by atoms with van der Waals surface area (Å²) < 4.78 is 0. The molecule has 208 valence electrons. The highest BCUT2D eigenvalue weighted by molar-refractivity contribution is 8.00. The van der Waals surface area contributed by atoms with Crippen molar-refractivity contribution in [1.82, 2.24) is 9.80 Å². The zero-order valence-corrected chi connectivity index (χ0v) is 23.5. The van der Waals surface area contributed by atoms with Crippen molar-refractivity contribution < 1.29 is 30.0 Å². The first-order valence-corrected chi connectivity index (χ1v) is 14.8. The summed E-state index contributed by atoms with van der Waals surface area (Å²) >= 11 is 2.85. The lowest BCUT2D eigenvalue weighted by Gasteiger charge is -2.34. The minimum absolute atomic E-state index is 0.0377. The first-order valence-electron chi connectivity index (χ1n) is 12.7. The Morgan fingerprint density at radius 3 is 1.84 bits per heavy atom. The summed E-state index contributed by atoms with van der Waals surface area (Å²) in [7, 11) is 0. The number of hydrogen-bond acceptors (Lipinski definition) is 8. The van der Waals surface area contributed by atoms with Gasteiger partial charge in [-0.1, -0.05) is 60.7 Å². The van der Waals surface area contributed by atoms with E-state index in [0.29, 0.717) is 37.4 Å². The quantitative estimate of drug-likeness (QED) is 0.349. The van der Waals surface area contributed by atoms with E-state index in [1.54, 1.807) is 13.8 Å². The topological polar surface area (TPSA) is 122 Å². The molecule has 4 atom stereocenters. The smallest absolute Gasteiger partial charge is 0.238 e. The van der Waals surface area contributed by atoms with Gasteiger partial charge in [0.25, 0.3) is 0 Å². The van der Waals surface area contributed by atoms with Crippen LogP contribution in [-0.4, -0.2) is 88.7 Å². The van der Waals surface area contributed by atoms with E-state index in [2.05, 4.69) is 0 Å². The highest BCUT2D eigenvalue weighted by atomic mass is 32.2. The number of rotatable bonds is 10. The van der Waals surface area contributed by atoms with E-state index in [0.717, 1.165) is 11.1 Å². The monoisotopic (exact) mass is 562 g/mol. The Hall–Kier alpha value is -2.08. The van der Waals surface area contributed by atoms with Crippen LogP contribution < -0.4 is 0 Å². The SMILES string of the molecule is CC1(O)C(SCCO)CC(=O)N1Cc1ccccc1.CC1(O)CC(SCCO)C(=O)N1Cc1ccccc1. The largest absolute Gasteiger partial charge is 0.396 e. The fourth-order valence-electron chi connectivity index (χ4n) is 4.61. The van der Waals surface area contributed by atoms with Gasteiger partial charge in [-0.15, -0.1) is 11.8 Å². The second-order valence-corrected chi connectivity index (χ2v) is 12.4. The molecule has 2 aliphatic heterocycles. The second kappa shape index (κ2) is 13.8. The third-order valence-corrected chi connectivity index (χ3v) is 9.32. The molecule has 4 N–H and O–H groups in total. The highest BCUT2D eigenvalue weighted by Gasteiger charge is 2.48. The van der Waals surface area contributed by atoms with Gasteiger partial charge in [-0.05, 0) is 25.0 Å². The summed E-state index contributed by atoms with van der Waals surface area (Å²) in [6.07, 6.45) is 0.730. The predicted molar refractivity (Wildman–Crippen MR) is 151 cm³/mol. The Kier molecular flexibility index (Phi) is 11.1. The van der Waals surface area contributed by atoms with Gasteiger partial charge in [0.15, 0.2) is 0 Å². The molecular formula is C28H38N2O6S2. The standard InChI is InChI=1S/2C14H19NO3S/c1-14(18)9-12(19-8-7-16)13(17)15(14)10-11-5-3-2-4-6-11;1-14(18)12(19-8-7-16)9-13(17)15(14)10-11-5-3-2-4-6-11/h2*2-6,12,16,18H,7-10H2,1H3. The van der Waals surface area contributed by atoms with E-state index in [4.69, 9.17) is 10.2 Å². The molecule has 2 fully saturated rings. The number of aliphatic hydroxyl groups excluding tert-OH is 2. The molecule has 0 saturated carbocycles. The minimum Gasteiger partial charge on any atom is -0.396 e. The first-order chi connectivity index (χ1) is 18.1. The maximum atomic E-state index is 12.3. The van der Waals surface area contributed by atoms with E-state index in [-0.39, 0.29) is 35.5 Å². The number of carbonyl (C=O) groups excluding carboxylic acids is 2. The Labute approximate surface area is 233 Å². The minimum atomic E-state index is -1.16. The van der Waals surface area contributed by atoms with Gasteiger partial charge in [0, 0.05) is 37.4 Å². The van der Waals surface area contributed by atoms with Crippen LogP contribution >= 0.6 is 23.5 Å². The summed E-state index contributed by atoms with van der Waals surface area (Å²) in [5.74, 6) is 0.968. The summed E-state index contributed by atoms with van der Waals surface area (Å²) in [5.41, 5.74) is -0.264. The van der Waals surface area contributed by atoms with Gasteiger partial charge in [-0.2, -0.15) is 11.8 Å². The summed E-state index contributed by atoms with van der Waals surface area (Å²) in [5, 5.41) is 38.2. The van der Waals surface area contributed by atoms with Crippen molar-refractivity contribution in [3.8, 4) is 0 Å². The van der Waals surface area contributed by atoms with Crippen molar-refractivity contribution in [2.45, 2.75) is 61.7 Å². The van der Waals surface area contributed by atoms with Gasteiger partial charge in [0.1, 0.15) is 11.4 Å². The lowest BCUT2D eigenvalue weighted by Crippen LogP contribution is -2.47. The Morgan fingerprint density at radius 2 is 1.32 bits per heavy atom. The number of nitrogens with zero attached hydrogens (tertiary/aromatic N) is 2. The van der Waals surface area contributed by atoms with Crippen LogP contribution in [0.15, 0.2) is 60.7 Å². The van der Waals surface area contributed by atoms with Crippen LogP contribution in [0, 0.1) is 0 Å². The average molecular weight is 563 g/mol. The maximum absolute atomic E-state index is 12.3. The van der Waals surface area contributed by atoms with Gasteiger partial charge in [-0.3, -0.25) is 9.59 Å². The number of likely N-dealkylation sites (tertiary alicyclic amines) is 2. The summed E-state index contributed by atoms with van der Waals surface area (Å²) in [6, 6.07) is 19.3. The van der Waals surface area contributed by atoms with Crippen molar-refractivity contribution in [2.24, 2.45) is 0 Å². The number of thioether (sulfide) groups is 2. The van der Waals surface area contributed by atoms with E-state index < -0.39 is 11.4 Å². The average Bonchev–Trinajstić information content (AvgIpc) is 3.25. The van der Waals surface area contributed by atoms with E-state index in [1.807, 2.05) is 60.7 Å². The molecule has 2 aromatic carbocycles. The normalized spacial score (nSPS) is 27.0. The molecule has 8 nitrogen and oxygen atoms in total. The van der Waals surface area contributed by atoms with Crippen LogP contribution in [0.3, 0.4) is 0 Å². The molecule has 2 saturated heterocycles. The molecule has 10 heteroatoms. The van der Waals surface area contributed by atoms with Crippen LogP contribution in [0.4, 0.5) is 0 Å².